The average Bonchev–Trinajstić information content (AvgIpc) is 3.17. The summed E-state index contributed by atoms with van der Waals surface area (Å²) in [6.07, 6.45) is 4.73. The molecule has 0 radical (unpaired) electrons. The van der Waals surface area contributed by atoms with E-state index in [0.717, 1.165) is 53.5 Å². The first kappa shape index (κ1) is 22.9. The maximum absolute atomic E-state index is 13.0. The lowest BCUT2D eigenvalue weighted by atomic mass is 10.1. The number of carbonyl (C=O) groups is 3. The highest BCUT2D eigenvalue weighted by atomic mass is 35.5. The highest BCUT2D eigenvalue weighted by Crippen LogP contribution is 2.31. The summed E-state index contributed by atoms with van der Waals surface area (Å²) >= 11 is 6.13. The van der Waals surface area contributed by atoms with Crippen LogP contribution in [0.1, 0.15) is 31.1 Å². The summed E-state index contributed by atoms with van der Waals surface area (Å²) < 4.78 is 0. The van der Waals surface area contributed by atoms with E-state index in [9.17, 15) is 14.4 Å². The third kappa shape index (κ3) is 4.13. The van der Waals surface area contributed by atoms with Crippen LogP contribution in [0.25, 0.3) is 10.9 Å². The molecule has 10 heteroatoms. The third-order valence-corrected chi connectivity index (χ3v) is 6.93. The Kier molecular flexibility index (Phi) is 5.69. The van der Waals surface area contributed by atoms with E-state index in [0.29, 0.717) is 10.6 Å². The van der Waals surface area contributed by atoms with E-state index in [1.54, 1.807) is 18.3 Å². The Labute approximate surface area is 217 Å². The van der Waals surface area contributed by atoms with E-state index in [1.807, 2.05) is 30.3 Å². The van der Waals surface area contributed by atoms with Crippen molar-refractivity contribution >= 4 is 51.6 Å². The number of amides is 3. The van der Waals surface area contributed by atoms with Crippen molar-refractivity contribution in [3.63, 3.8) is 0 Å². The van der Waals surface area contributed by atoms with Crippen molar-refractivity contribution < 1.29 is 14.4 Å². The molecule has 184 valence electrons. The quantitative estimate of drug-likeness (QED) is 0.417. The highest BCUT2D eigenvalue weighted by Gasteiger charge is 2.37. The third-order valence-electron chi connectivity index (χ3n) is 6.69. The molecule has 4 aromatic rings. The van der Waals surface area contributed by atoms with Crippen LogP contribution in [-0.4, -0.2) is 58.9 Å². The number of fused-ring (bicyclic) bond motifs is 2. The fourth-order valence-electron chi connectivity index (χ4n) is 4.78. The number of pyridine rings is 2. The minimum absolute atomic E-state index is 0.268. The lowest BCUT2D eigenvalue weighted by molar-refractivity contribution is 0.0518. The van der Waals surface area contributed by atoms with Gasteiger partial charge in [0.25, 0.3) is 17.7 Å². The molecule has 0 bridgehead atoms. The van der Waals surface area contributed by atoms with Crippen LogP contribution in [0.15, 0.2) is 73.2 Å². The number of nitrogens with one attached hydrogen (secondary N) is 1. The second-order valence-electron chi connectivity index (χ2n) is 8.82. The first-order valence-corrected chi connectivity index (χ1v) is 12.2. The summed E-state index contributed by atoms with van der Waals surface area (Å²) in [5.41, 5.74) is 6.08. The zero-order valence-corrected chi connectivity index (χ0v) is 20.4. The largest absolute Gasteiger partial charge is 0.368 e. The number of anilines is 2. The summed E-state index contributed by atoms with van der Waals surface area (Å²) in [6.45, 7) is 3.03. The number of halogens is 1. The minimum Gasteiger partial charge on any atom is -0.368 e. The van der Waals surface area contributed by atoms with Gasteiger partial charge in [-0.25, -0.2) is 0 Å². The summed E-state index contributed by atoms with van der Waals surface area (Å²) in [5, 5.41) is 2.48. The van der Waals surface area contributed by atoms with Crippen molar-refractivity contribution in [2.24, 2.45) is 0 Å². The van der Waals surface area contributed by atoms with Gasteiger partial charge >= 0.3 is 0 Å². The smallest absolute Gasteiger partial charge is 0.280 e. The van der Waals surface area contributed by atoms with Gasteiger partial charge in [-0.3, -0.25) is 29.8 Å². The number of hydrogen-bond acceptors (Lipinski definition) is 7. The Hall–Kier alpha value is -4.50. The van der Waals surface area contributed by atoms with Gasteiger partial charge in [-0.05, 0) is 54.6 Å². The Morgan fingerprint density at radius 1 is 0.811 bits per heavy atom. The predicted octanol–water partition coefficient (Wildman–Crippen LogP) is 3.55. The van der Waals surface area contributed by atoms with E-state index in [-0.39, 0.29) is 11.1 Å². The number of hydrogen-bond donors (Lipinski definition) is 1. The predicted molar refractivity (Wildman–Crippen MR) is 140 cm³/mol. The van der Waals surface area contributed by atoms with E-state index in [4.69, 9.17) is 11.6 Å². The van der Waals surface area contributed by atoms with Crippen molar-refractivity contribution in [3.8, 4) is 0 Å². The zero-order valence-electron chi connectivity index (χ0n) is 19.6. The van der Waals surface area contributed by atoms with Gasteiger partial charge in [0, 0.05) is 72.1 Å². The molecular formula is C27H21ClN6O3. The van der Waals surface area contributed by atoms with Gasteiger partial charge in [-0.2, -0.15) is 5.01 Å². The highest BCUT2D eigenvalue weighted by molar-refractivity contribution is 6.31. The van der Waals surface area contributed by atoms with Crippen LogP contribution in [0.3, 0.4) is 0 Å². The number of hydrazine groups is 1. The van der Waals surface area contributed by atoms with Crippen molar-refractivity contribution in [1.82, 2.24) is 20.4 Å². The molecule has 1 N–H and O–H groups in total. The van der Waals surface area contributed by atoms with Crippen LogP contribution >= 0.6 is 11.6 Å². The monoisotopic (exact) mass is 512 g/mol. The van der Waals surface area contributed by atoms with Crippen LogP contribution in [0.5, 0.6) is 0 Å². The van der Waals surface area contributed by atoms with Crippen LogP contribution in [-0.2, 0) is 0 Å². The Morgan fingerprint density at radius 2 is 1.54 bits per heavy atom. The minimum atomic E-state index is -0.556. The lowest BCUT2D eigenvalue weighted by Gasteiger charge is -2.37. The van der Waals surface area contributed by atoms with Gasteiger partial charge in [0.05, 0.1) is 16.6 Å². The topological polar surface area (TPSA) is 98.7 Å². The van der Waals surface area contributed by atoms with Crippen molar-refractivity contribution in [3.05, 3.63) is 94.9 Å². The zero-order chi connectivity index (χ0) is 25.5. The molecule has 0 aliphatic carbocycles. The molecule has 1 fully saturated rings. The SMILES string of the molecule is O=C(NN1C(=O)c2ccc(N3CCN(c4ccnc5cc(Cl)ccc45)CC3)cc2C1=O)c1ccncc1. The van der Waals surface area contributed by atoms with Crippen LogP contribution in [0.4, 0.5) is 11.4 Å². The summed E-state index contributed by atoms with van der Waals surface area (Å²) in [4.78, 5) is 51.2. The lowest BCUT2D eigenvalue weighted by Crippen LogP contribution is -2.46. The van der Waals surface area contributed by atoms with Crippen molar-refractivity contribution in [1.29, 1.82) is 0 Å². The molecule has 2 aliphatic rings. The van der Waals surface area contributed by atoms with E-state index in [2.05, 4.69) is 25.2 Å². The molecule has 2 aliphatic heterocycles. The maximum atomic E-state index is 13.0. The Morgan fingerprint density at radius 3 is 2.32 bits per heavy atom. The summed E-state index contributed by atoms with van der Waals surface area (Å²) in [7, 11) is 0. The van der Waals surface area contributed by atoms with Crippen molar-refractivity contribution in [2.75, 3.05) is 36.0 Å². The molecule has 0 atom stereocenters. The number of rotatable bonds is 4. The van der Waals surface area contributed by atoms with Gasteiger partial charge in [-0.15, -0.1) is 0 Å². The molecule has 2 aromatic carbocycles. The number of aromatic nitrogens is 2. The fraction of sp³-hybridized carbons (Fsp3) is 0.148. The normalized spacial score (nSPS) is 15.3. The van der Waals surface area contributed by atoms with E-state index < -0.39 is 17.7 Å². The molecule has 3 amide bonds. The van der Waals surface area contributed by atoms with E-state index >= 15 is 0 Å². The standard InChI is InChI=1S/C27H21ClN6O3/c28-18-1-3-21-23(15-18)30-10-7-24(21)33-13-11-32(12-14-33)19-2-4-20-22(16-19)27(37)34(26(20)36)31-25(35)17-5-8-29-9-6-17/h1-10,15-16H,11-14H2,(H,31,35). The molecule has 6 rings (SSSR count). The second-order valence-corrected chi connectivity index (χ2v) is 9.25. The van der Waals surface area contributed by atoms with Crippen LogP contribution < -0.4 is 15.2 Å². The van der Waals surface area contributed by atoms with Crippen LogP contribution in [0, 0.1) is 0 Å². The molecule has 0 unspecified atom stereocenters. The Bertz CT molecular complexity index is 1550. The molecule has 2 aromatic heterocycles. The van der Waals surface area contributed by atoms with Crippen LogP contribution in [0.2, 0.25) is 5.02 Å². The number of piperazine rings is 1. The number of nitrogens with zero attached hydrogens (tertiary/aromatic N) is 5. The molecule has 4 heterocycles. The van der Waals surface area contributed by atoms with Gasteiger partial charge in [-0.1, -0.05) is 11.6 Å². The number of imide groups is 1. The summed E-state index contributed by atoms with van der Waals surface area (Å²) in [6, 6.07) is 16.0. The Balaban J connectivity index is 1.17. The van der Waals surface area contributed by atoms with Gasteiger partial charge in [0.15, 0.2) is 0 Å². The van der Waals surface area contributed by atoms with Gasteiger partial charge in [0.2, 0.25) is 0 Å². The average molecular weight is 513 g/mol. The van der Waals surface area contributed by atoms with Gasteiger partial charge < -0.3 is 9.80 Å². The maximum Gasteiger partial charge on any atom is 0.280 e. The molecule has 37 heavy (non-hydrogen) atoms. The van der Waals surface area contributed by atoms with Gasteiger partial charge in [0.1, 0.15) is 0 Å². The molecule has 0 spiro atoms. The summed E-state index contributed by atoms with van der Waals surface area (Å²) in [5.74, 6) is -1.66. The number of carbonyl (C=O) groups excluding carboxylic acids is 3. The molecule has 9 nitrogen and oxygen atoms in total. The van der Waals surface area contributed by atoms with E-state index in [1.165, 1.54) is 24.5 Å². The molecule has 0 saturated carbocycles. The fourth-order valence-corrected chi connectivity index (χ4v) is 4.95. The first-order valence-electron chi connectivity index (χ1n) is 11.8. The molecule has 1 saturated heterocycles. The van der Waals surface area contributed by atoms with Crippen molar-refractivity contribution in [2.45, 2.75) is 0 Å². The molecular weight excluding hydrogens is 492 g/mol. The number of benzene rings is 2. The second kappa shape index (κ2) is 9.18. The first-order chi connectivity index (χ1) is 18.0.